The van der Waals surface area contributed by atoms with Gasteiger partial charge in [-0.15, -0.1) is 0 Å². The minimum absolute atomic E-state index is 0.0752. The Balaban J connectivity index is 4.23. The Labute approximate surface area is 125 Å². The first-order valence-corrected chi connectivity index (χ1v) is 7.12. The molecule has 0 fully saturated rings. The van der Waals surface area contributed by atoms with E-state index in [1.54, 1.807) is 6.92 Å². The van der Waals surface area contributed by atoms with Crippen LogP contribution in [0.15, 0.2) is 0 Å². The van der Waals surface area contributed by atoms with Crippen LogP contribution in [0.5, 0.6) is 0 Å². The summed E-state index contributed by atoms with van der Waals surface area (Å²) in [5, 5.41) is 13.8. The lowest BCUT2D eigenvalue weighted by Gasteiger charge is -2.20. The van der Waals surface area contributed by atoms with Crippen molar-refractivity contribution in [1.29, 1.82) is 0 Å². The predicted molar refractivity (Wildman–Crippen MR) is 77.9 cm³/mol. The SMILES string of the molecule is COC(=O)C(CC(C)C)NC(=O)NC(C)CCCC(=O)O. The van der Waals surface area contributed by atoms with Gasteiger partial charge in [0.2, 0.25) is 0 Å². The molecule has 3 N–H and O–H groups in total. The Morgan fingerprint density at radius 3 is 2.24 bits per heavy atom. The second-order valence-corrected chi connectivity index (χ2v) is 5.51. The number of ether oxygens (including phenoxy) is 1. The van der Waals surface area contributed by atoms with E-state index in [4.69, 9.17) is 5.11 Å². The molecule has 0 saturated heterocycles. The Kier molecular flexibility index (Phi) is 9.16. The van der Waals surface area contributed by atoms with E-state index in [1.165, 1.54) is 7.11 Å². The third-order valence-corrected chi connectivity index (χ3v) is 2.90. The van der Waals surface area contributed by atoms with E-state index in [-0.39, 0.29) is 18.4 Å². The molecule has 0 saturated carbocycles. The normalized spacial score (nSPS) is 13.4. The number of carbonyl (C=O) groups excluding carboxylic acids is 2. The number of aliphatic carboxylic acids is 1. The fraction of sp³-hybridized carbons (Fsp3) is 0.786. The monoisotopic (exact) mass is 302 g/mol. The van der Waals surface area contributed by atoms with Crippen molar-refractivity contribution in [3.63, 3.8) is 0 Å². The molecule has 0 bridgehead atoms. The number of carboxylic acids is 1. The molecular formula is C14H26N2O5. The molecule has 2 amide bonds. The van der Waals surface area contributed by atoms with Crippen LogP contribution in [0.3, 0.4) is 0 Å². The standard InChI is InChI=1S/C14H26N2O5/c1-9(2)8-11(13(19)21-4)16-14(20)15-10(3)6-5-7-12(17)18/h9-11H,5-8H2,1-4H3,(H,17,18)(H2,15,16,20). The first kappa shape index (κ1) is 19.2. The van der Waals surface area contributed by atoms with E-state index < -0.39 is 24.0 Å². The maximum atomic E-state index is 11.8. The number of rotatable bonds is 9. The minimum atomic E-state index is -0.852. The lowest BCUT2D eigenvalue weighted by molar-refractivity contribution is -0.143. The fourth-order valence-electron chi connectivity index (χ4n) is 1.88. The fourth-order valence-corrected chi connectivity index (χ4v) is 1.88. The van der Waals surface area contributed by atoms with Crippen molar-refractivity contribution in [2.45, 2.75) is 58.5 Å². The zero-order valence-electron chi connectivity index (χ0n) is 13.1. The van der Waals surface area contributed by atoms with E-state index >= 15 is 0 Å². The highest BCUT2D eigenvalue weighted by atomic mass is 16.5. The zero-order chi connectivity index (χ0) is 16.4. The smallest absolute Gasteiger partial charge is 0.328 e. The third kappa shape index (κ3) is 9.70. The molecule has 0 heterocycles. The number of esters is 1. The molecule has 7 heteroatoms. The van der Waals surface area contributed by atoms with E-state index in [0.29, 0.717) is 19.3 Å². The lowest BCUT2D eigenvalue weighted by Crippen LogP contribution is -2.49. The average Bonchev–Trinajstić information content (AvgIpc) is 2.35. The zero-order valence-corrected chi connectivity index (χ0v) is 13.1. The van der Waals surface area contributed by atoms with Gasteiger partial charge in [0.15, 0.2) is 0 Å². The number of nitrogens with one attached hydrogen (secondary N) is 2. The van der Waals surface area contributed by atoms with Crippen molar-refractivity contribution < 1.29 is 24.2 Å². The highest BCUT2D eigenvalue weighted by Gasteiger charge is 2.23. The Morgan fingerprint density at radius 1 is 1.14 bits per heavy atom. The summed E-state index contributed by atoms with van der Waals surface area (Å²) in [6, 6.07) is -1.29. The quantitative estimate of drug-likeness (QED) is 0.560. The van der Waals surface area contributed by atoms with Gasteiger partial charge < -0.3 is 20.5 Å². The molecule has 7 nitrogen and oxygen atoms in total. The predicted octanol–water partition coefficient (Wildman–Crippen LogP) is 1.52. The second-order valence-electron chi connectivity index (χ2n) is 5.51. The van der Waals surface area contributed by atoms with Crippen LogP contribution in [0.4, 0.5) is 4.79 Å². The number of methoxy groups -OCH3 is 1. The number of hydrogen-bond donors (Lipinski definition) is 3. The first-order valence-electron chi connectivity index (χ1n) is 7.12. The Hall–Kier alpha value is -1.79. The molecule has 122 valence electrons. The minimum Gasteiger partial charge on any atom is -0.481 e. The first-order chi connectivity index (χ1) is 9.76. The summed E-state index contributed by atoms with van der Waals surface area (Å²) in [4.78, 5) is 33.8. The summed E-state index contributed by atoms with van der Waals surface area (Å²) >= 11 is 0. The van der Waals surface area contributed by atoms with Crippen LogP contribution in [-0.4, -0.2) is 42.3 Å². The van der Waals surface area contributed by atoms with E-state index in [0.717, 1.165) is 0 Å². The van der Waals surface area contributed by atoms with Gasteiger partial charge in [-0.2, -0.15) is 0 Å². The molecule has 2 unspecified atom stereocenters. The van der Waals surface area contributed by atoms with Crippen molar-refractivity contribution >= 4 is 18.0 Å². The largest absolute Gasteiger partial charge is 0.481 e. The van der Waals surface area contributed by atoms with Crippen molar-refractivity contribution in [3.05, 3.63) is 0 Å². The van der Waals surface area contributed by atoms with Crippen LogP contribution in [0.25, 0.3) is 0 Å². The number of carboxylic acid groups (broad SMARTS) is 1. The molecule has 0 aromatic carbocycles. The molecule has 0 radical (unpaired) electrons. The highest BCUT2D eigenvalue weighted by Crippen LogP contribution is 2.06. The molecule has 0 aliphatic rings. The molecule has 0 aliphatic carbocycles. The molecule has 0 spiro atoms. The summed E-state index contributed by atoms with van der Waals surface area (Å²) < 4.78 is 4.66. The number of urea groups is 1. The van der Waals surface area contributed by atoms with Gasteiger partial charge in [-0.3, -0.25) is 4.79 Å². The maximum Gasteiger partial charge on any atom is 0.328 e. The van der Waals surface area contributed by atoms with Crippen LogP contribution in [0, 0.1) is 5.92 Å². The maximum absolute atomic E-state index is 11.8. The van der Waals surface area contributed by atoms with Crippen molar-refractivity contribution in [1.82, 2.24) is 10.6 Å². The van der Waals surface area contributed by atoms with Crippen molar-refractivity contribution in [2.24, 2.45) is 5.92 Å². The van der Waals surface area contributed by atoms with Crippen molar-refractivity contribution in [2.75, 3.05) is 7.11 Å². The molecule has 2 atom stereocenters. The Bertz CT molecular complexity index is 357. The van der Waals surface area contributed by atoms with Gasteiger partial charge in [-0.1, -0.05) is 13.8 Å². The van der Waals surface area contributed by atoms with E-state index in [9.17, 15) is 14.4 Å². The van der Waals surface area contributed by atoms with Crippen LogP contribution in [0.2, 0.25) is 0 Å². The van der Waals surface area contributed by atoms with Gasteiger partial charge in [0.1, 0.15) is 6.04 Å². The van der Waals surface area contributed by atoms with E-state index in [2.05, 4.69) is 15.4 Å². The molecule has 0 aromatic heterocycles. The van der Waals surface area contributed by atoms with Gasteiger partial charge in [0, 0.05) is 12.5 Å². The van der Waals surface area contributed by atoms with Crippen LogP contribution in [0.1, 0.15) is 46.5 Å². The highest BCUT2D eigenvalue weighted by molar-refractivity contribution is 5.83. The molecular weight excluding hydrogens is 276 g/mol. The molecule has 21 heavy (non-hydrogen) atoms. The summed E-state index contributed by atoms with van der Waals surface area (Å²) in [5.41, 5.74) is 0. The summed E-state index contributed by atoms with van der Waals surface area (Å²) in [5.74, 6) is -1.09. The molecule has 0 rings (SSSR count). The Morgan fingerprint density at radius 2 is 1.76 bits per heavy atom. The van der Waals surface area contributed by atoms with Crippen LogP contribution < -0.4 is 10.6 Å². The summed E-state index contributed by atoms with van der Waals surface area (Å²) in [7, 11) is 1.28. The molecule has 0 aromatic rings. The number of carbonyl (C=O) groups is 3. The number of hydrogen-bond acceptors (Lipinski definition) is 4. The topological polar surface area (TPSA) is 105 Å². The summed E-state index contributed by atoms with van der Waals surface area (Å²) in [6.45, 7) is 5.69. The van der Waals surface area contributed by atoms with Gasteiger partial charge in [0.05, 0.1) is 7.11 Å². The number of amides is 2. The average molecular weight is 302 g/mol. The third-order valence-electron chi connectivity index (χ3n) is 2.90. The second kappa shape index (κ2) is 10.0. The lowest BCUT2D eigenvalue weighted by atomic mass is 10.0. The van der Waals surface area contributed by atoms with E-state index in [1.807, 2.05) is 13.8 Å². The van der Waals surface area contributed by atoms with Gasteiger partial charge >= 0.3 is 18.0 Å². The summed E-state index contributed by atoms with van der Waals surface area (Å²) in [6.07, 6.45) is 1.62. The van der Waals surface area contributed by atoms with Crippen molar-refractivity contribution in [3.8, 4) is 0 Å². The van der Waals surface area contributed by atoms with Crippen LogP contribution in [-0.2, 0) is 14.3 Å². The van der Waals surface area contributed by atoms with Gasteiger partial charge in [0.25, 0.3) is 0 Å². The van der Waals surface area contributed by atoms with Gasteiger partial charge in [-0.05, 0) is 32.1 Å². The van der Waals surface area contributed by atoms with Crippen LogP contribution >= 0.6 is 0 Å². The molecule has 0 aliphatic heterocycles. The van der Waals surface area contributed by atoms with Gasteiger partial charge in [-0.25, -0.2) is 9.59 Å².